The van der Waals surface area contributed by atoms with E-state index in [0.717, 1.165) is 59.5 Å². The molecule has 0 unspecified atom stereocenters. The van der Waals surface area contributed by atoms with Crippen molar-refractivity contribution < 1.29 is 8.83 Å². The highest BCUT2D eigenvalue weighted by molar-refractivity contribution is 6.01. The molecule has 0 fully saturated rings. The topological polar surface area (TPSA) is 80.3 Å². The Morgan fingerprint density at radius 3 is 1.31 bits per heavy atom. The van der Waals surface area contributed by atoms with E-state index in [9.17, 15) is 10.5 Å². The van der Waals surface area contributed by atoms with Crippen LogP contribution in [0.15, 0.2) is 81.6 Å². The average Bonchev–Trinajstić information content (AvgIpc) is 3.65. The van der Waals surface area contributed by atoms with E-state index in [1.54, 1.807) is 0 Å². The van der Waals surface area contributed by atoms with Gasteiger partial charge in [-0.2, -0.15) is 10.5 Å². The van der Waals surface area contributed by atoms with Crippen LogP contribution in [0.4, 0.5) is 11.4 Å². The number of furan rings is 2. The molecule has 0 aliphatic heterocycles. The predicted octanol–water partition coefficient (Wildman–Crippen LogP) is 9.10. The molecule has 6 rings (SSSR count). The van der Waals surface area contributed by atoms with Crippen LogP contribution in [0.1, 0.15) is 38.8 Å². The highest BCUT2D eigenvalue weighted by Gasteiger charge is 2.20. The highest BCUT2D eigenvalue weighted by atomic mass is 16.3. The Hall–Kier alpha value is -5.20. The first-order valence-corrected chi connectivity index (χ1v) is 14.5. The van der Waals surface area contributed by atoms with Gasteiger partial charge in [0.25, 0.3) is 0 Å². The summed E-state index contributed by atoms with van der Waals surface area (Å²) in [6.45, 7) is 12.2. The van der Waals surface area contributed by atoms with Gasteiger partial charge >= 0.3 is 0 Å². The maximum Gasteiger partial charge on any atom is 0.136 e. The summed E-state index contributed by atoms with van der Waals surface area (Å²) in [5.74, 6) is 1.26. The van der Waals surface area contributed by atoms with Gasteiger partial charge in [0, 0.05) is 82.4 Å². The maximum absolute atomic E-state index is 10.3. The van der Waals surface area contributed by atoms with E-state index in [4.69, 9.17) is 8.83 Å². The molecule has 0 radical (unpaired) electrons. The molecule has 0 spiro atoms. The minimum atomic E-state index is 0.479. The normalized spacial score (nSPS) is 11.2. The van der Waals surface area contributed by atoms with Crippen molar-refractivity contribution in [3.63, 3.8) is 0 Å². The van der Waals surface area contributed by atoms with Crippen LogP contribution in [0.3, 0.4) is 0 Å². The second-order valence-corrected chi connectivity index (χ2v) is 10.3. The summed E-state index contributed by atoms with van der Waals surface area (Å²) in [5, 5.41) is 23.9. The number of anilines is 2. The van der Waals surface area contributed by atoms with E-state index in [1.807, 2.05) is 36.4 Å². The summed E-state index contributed by atoms with van der Waals surface area (Å²) in [5.41, 5.74) is 6.13. The largest absolute Gasteiger partial charge is 0.456 e. The van der Waals surface area contributed by atoms with Gasteiger partial charge in [-0.25, -0.2) is 0 Å². The van der Waals surface area contributed by atoms with Gasteiger partial charge in [0.15, 0.2) is 0 Å². The maximum atomic E-state index is 10.3. The Balaban J connectivity index is 1.45. The molecular weight excluding hydrogens is 520 g/mol. The lowest BCUT2D eigenvalue weighted by Crippen LogP contribution is -2.21. The lowest BCUT2D eigenvalue weighted by molar-refractivity contribution is 0.630. The SMILES string of the molecule is CCN(CC)c1ccc2cc(-c3ccc4c(C#N)c(-c5cc6ccc(N(CC)CC)cc6o5)ccc4c3C#N)oc2c1. The molecule has 0 saturated carbocycles. The van der Waals surface area contributed by atoms with Gasteiger partial charge in [0.05, 0.1) is 11.1 Å². The van der Waals surface area contributed by atoms with Gasteiger partial charge in [-0.1, -0.05) is 12.1 Å². The highest BCUT2D eigenvalue weighted by Crippen LogP contribution is 2.39. The first kappa shape index (κ1) is 27.0. The lowest BCUT2D eigenvalue weighted by Gasteiger charge is -2.20. The smallest absolute Gasteiger partial charge is 0.136 e. The number of rotatable bonds is 8. The monoisotopic (exact) mass is 552 g/mol. The Labute approximate surface area is 245 Å². The van der Waals surface area contributed by atoms with Crippen molar-refractivity contribution >= 4 is 44.1 Å². The molecule has 0 aliphatic carbocycles. The molecule has 0 N–H and O–H groups in total. The van der Waals surface area contributed by atoms with Crippen LogP contribution in [0, 0.1) is 22.7 Å². The average molecular weight is 553 g/mol. The van der Waals surface area contributed by atoms with E-state index in [1.165, 1.54) is 0 Å². The molecule has 208 valence electrons. The zero-order chi connectivity index (χ0) is 29.4. The van der Waals surface area contributed by atoms with Crippen molar-refractivity contribution in [3.8, 4) is 34.8 Å². The second-order valence-electron chi connectivity index (χ2n) is 10.3. The molecule has 0 saturated heterocycles. The van der Waals surface area contributed by atoms with Crippen LogP contribution in [0.25, 0.3) is 55.4 Å². The minimum Gasteiger partial charge on any atom is -0.456 e. The molecule has 42 heavy (non-hydrogen) atoms. The summed E-state index contributed by atoms with van der Waals surface area (Å²) in [4.78, 5) is 4.54. The van der Waals surface area contributed by atoms with E-state index < -0.39 is 0 Å². The van der Waals surface area contributed by atoms with Crippen molar-refractivity contribution in [2.45, 2.75) is 27.7 Å². The molecule has 2 heterocycles. The zero-order valence-corrected chi connectivity index (χ0v) is 24.4. The van der Waals surface area contributed by atoms with Crippen LogP contribution < -0.4 is 9.80 Å². The van der Waals surface area contributed by atoms with Crippen LogP contribution in [-0.2, 0) is 0 Å². The van der Waals surface area contributed by atoms with Crippen molar-refractivity contribution in [2.24, 2.45) is 0 Å². The molecule has 4 aromatic carbocycles. The molecule has 6 nitrogen and oxygen atoms in total. The Bertz CT molecular complexity index is 1880. The van der Waals surface area contributed by atoms with E-state index >= 15 is 0 Å². The van der Waals surface area contributed by atoms with E-state index in [-0.39, 0.29) is 0 Å². The Kier molecular flexibility index (Phi) is 7.07. The molecule has 0 aliphatic rings. The van der Waals surface area contributed by atoms with Crippen LogP contribution >= 0.6 is 0 Å². The molecular formula is C36H32N4O2. The van der Waals surface area contributed by atoms with Crippen molar-refractivity contribution in [1.29, 1.82) is 10.5 Å². The van der Waals surface area contributed by atoms with Crippen LogP contribution in [-0.4, -0.2) is 26.2 Å². The number of hydrogen-bond acceptors (Lipinski definition) is 6. The number of fused-ring (bicyclic) bond motifs is 3. The number of nitriles is 2. The quantitative estimate of drug-likeness (QED) is 0.187. The summed E-state index contributed by atoms with van der Waals surface area (Å²) in [6, 6.07) is 28.7. The van der Waals surface area contributed by atoms with Gasteiger partial charge in [0.1, 0.15) is 34.8 Å². The van der Waals surface area contributed by atoms with E-state index in [0.29, 0.717) is 44.5 Å². The van der Waals surface area contributed by atoms with Gasteiger partial charge < -0.3 is 18.6 Å². The first-order chi connectivity index (χ1) is 20.5. The Morgan fingerprint density at radius 1 is 0.548 bits per heavy atom. The number of nitrogens with zero attached hydrogens (tertiary/aromatic N) is 4. The summed E-state index contributed by atoms with van der Waals surface area (Å²) >= 11 is 0. The first-order valence-electron chi connectivity index (χ1n) is 14.5. The fourth-order valence-corrected chi connectivity index (χ4v) is 5.93. The van der Waals surface area contributed by atoms with Gasteiger partial charge in [0.2, 0.25) is 0 Å². The third kappa shape index (κ3) is 4.42. The third-order valence-electron chi connectivity index (χ3n) is 8.22. The van der Waals surface area contributed by atoms with Gasteiger partial charge in [-0.15, -0.1) is 0 Å². The second kappa shape index (κ2) is 11.0. The fourth-order valence-electron chi connectivity index (χ4n) is 5.93. The van der Waals surface area contributed by atoms with Crippen molar-refractivity contribution in [1.82, 2.24) is 0 Å². The fraction of sp³-hybridized carbons (Fsp3) is 0.222. The summed E-state index contributed by atoms with van der Waals surface area (Å²) in [7, 11) is 0. The third-order valence-corrected chi connectivity index (χ3v) is 8.22. The predicted molar refractivity (Wildman–Crippen MR) is 171 cm³/mol. The molecule has 2 aromatic heterocycles. The molecule has 0 bridgehead atoms. The number of hydrogen-bond donors (Lipinski definition) is 0. The molecule has 0 atom stereocenters. The Morgan fingerprint density at radius 2 is 0.952 bits per heavy atom. The van der Waals surface area contributed by atoms with Crippen molar-refractivity contribution in [3.05, 3.63) is 83.9 Å². The molecule has 0 amide bonds. The number of benzene rings is 4. The van der Waals surface area contributed by atoms with Crippen LogP contribution in [0.2, 0.25) is 0 Å². The van der Waals surface area contributed by atoms with Crippen LogP contribution in [0.5, 0.6) is 0 Å². The zero-order valence-electron chi connectivity index (χ0n) is 24.4. The van der Waals surface area contributed by atoms with Gasteiger partial charge in [-0.3, -0.25) is 0 Å². The minimum absolute atomic E-state index is 0.479. The van der Waals surface area contributed by atoms with Crippen molar-refractivity contribution in [2.75, 3.05) is 36.0 Å². The standard InChI is InChI=1S/C36H32N4O2/c1-5-39(6-2)25-11-9-23-17-35(41-33(23)19-25)29-15-13-28-27(31(29)21-37)14-16-30(32(28)22-38)36-18-24-10-12-26(20-34(24)42-36)40(7-3)8-4/h9-20H,5-8H2,1-4H3. The van der Waals surface area contributed by atoms with Gasteiger partial charge in [-0.05, 0) is 76.2 Å². The molecule has 6 aromatic rings. The molecule has 6 heteroatoms. The summed E-state index contributed by atoms with van der Waals surface area (Å²) in [6.07, 6.45) is 0. The van der Waals surface area contributed by atoms with E-state index in [2.05, 4.69) is 86.0 Å². The summed E-state index contributed by atoms with van der Waals surface area (Å²) < 4.78 is 12.6. The lowest BCUT2D eigenvalue weighted by atomic mass is 9.92.